The highest BCUT2D eigenvalue weighted by Gasteiger charge is 2.27. The molecular formula is C19H27N5O. The highest BCUT2D eigenvalue weighted by molar-refractivity contribution is 5.81. The van der Waals surface area contributed by atoms with E-state index >= 15 is 0 Å². The van der Waals surface area contributed by atoms with E-state index in [0.29, 0.717) is 0 Å². The van der Waals surface area contributed by atoms with Crippen molar-refractivity contribution in [2.75, 3.05) is 55.7 Å². The number of aliphatic hydroxyl groups excluding tert-OH is 1. The molecule has 0 aliphatic carbocycles. The van der Waals surface area contributed by atoms with Gasteiger partial charge in [-0.1, -0.05) is 12.1 Å². The van der Waals surface area contributed by atoms with Crippen molar-refractivity contribution in [2.24, 2.45) is 0 Å². The third kappa shape index (κ3) is 3.28. The number of fused-ring (bicyclic) bond motifs is 1. The van der Waals surface area contributed by atoms with Gasteiger partial charge < -0.3 is 14.9 Å². The molecule has 6 nitrogen and oxygen atoms in total. The van der Waals surface area contributed by atoms with Crippen LogP contribution in [0.4, 0.5) is 11.6 Å². The van der Waals surface area contributed by atoms with Gasteiger partial charge in [0.15, 0.2) is 11.6 Å². The van der Waals surface area contributed by atoms with Gasteiger partial charge in [-0.2, -0.15) is 0 Å². The molecule has 6 heteroatoms. The van der Waals surface area contributed by atoms with Gasteiger partial charge in [-0.15, -0.1) is 0 Å². The topological polar surface area (TPSA) is 55.7 Å². The number of hydrogen-bond donors (Lipinski definition) is 1. The normalized spacial score (nSPS) is 20.4. The first-order chi connectivity index (χ1) is 12.3. The maximum Gasteiger partial charge on any atom is 0.172 e. The van der Waals surface area contributed by atoms with Gasteiger partial charge in [-0.25, -0.2) is 9.97 Å². The van der Waals surface area contributed by atoms with E-state index in [0.717, 1.165) is 61.9 Å². The third-order valence-corrected chi connectivity index (χ3v) is 5.44. The van der Waals surface area contributed by atoms with Crippen LogP contribution in [0.15, 0.2) is 24.3 Å². The molecule has 2 aliphatic rings. The van der Waals surface area contributed by atoms with E-state index in [2.05, 4.69) is 21.6 Å². The van der Waals surface area contributed by atoms with Gasteiger partial charge in [0, 0.05) is 45.3 Å². The smallest absolute Gasteiger partial charge is 0.172 e. The van der Waals surface area contributed by atoms with Gasteiger partial charge in [0.1, 0.15) is 0 Å². The van der Waals surface area contributed by atoms with Gasteiger partial charge >= 0.3 is 0 Å². The van der Waals surface area contributed by atoms with E-state index < -0.39 is 0 Å². The van der Waals surface area contributed by atoms with Crippen molar-refractivity contribution < 1.29 is 5.11 Å². The van der Waals surface area contributed by atoms with Crippen molar-refractivity contribution >= 4 is 22.7 Å². The number of nitrogens with zero attached hydrogens (tertiary/aromatic N) is 5. The summed E-state index contributed by atoms with van der Waals surface area (Å²) in [5, 5.41) is 9.39. The molecule has 1 aromatic carbocycles. The Kier molecular flexibility index (Phi) is 4.72. The second kappa shape index (κ2) is 7.14. The maximum atomic E-state index is 9.39. The lowest BCUT2D eigenvalue weighted by atomic mass is 10.2. The monoisotopic (exact) mass is 341 g/mol. The summed E-state index contributed by atoms with van der Waals surface area (Å²) in [6.45, 7) is 8.21. The molecule has 4 rings (SSSR count). The summed E-state index contributed by atoms with van der Waals surface area (Å²) in [5.41, 5.74) is 1.94. The molecule has 0 radical (unpaired) electrons. The summed E-state index contributed by atoms with van der Waals surface area (Å²) < 4.78 is 0. The fourth-order valence-electron chi connectivity index (χ4n) is 3.82. The molecule has 0 bridgehead atoms. The molecule has 2 aromatic rings. The summed E-state index contributed by atoms with van der Waals surface area (Å²) in [6.07, 6.45) is 2.46. The summed E-state index contributed by atoms with van der Waals surface area (Å²) in [4.78, 5) is 17.1. The lowest BCUT2D eigenvalue weighted by Gasteiger charge is -2.39. The zero-order chi connectivity index (χ0) is 17.2. The van der Waals surface area contributed by atoms with Crippen molar-refractivity contribution in [3.8, 4) is 0 Å². The van der Waals surface area contributed by atoms with Crippen molar-refractivity contribution in [1.82, 2.24) is 14.9 Å². The van der Waals surface area contributed by atoms with Crippen LogP contribution in [0.1, 0.15) is 19.8 Å². The Hall–Kier alpha value is -1.92. The molecule has 25 heavy (non-hydrogen) atoms. The average molecular weight is 341 g/mol. The Labute approximate surface area is 149 Å². The summed E-state index contributed by atoms with van der Waals surface area (Å²) in [5.74, 6) is 2.07. The molecule has 0 unspecified atom stereocenters. The largest absolute Gasteiger partial charge is 0.395 e. The van der Waals surface area contributed by atoms with Gasteiger partial charge in [0.05, 0.1) is 17.6 Å². The molecular weight excluding hydrogens is 314 g/mol. The fraction of sp³-hybridized carbons (Fsp3) is 0.579. The Morgan fingerprint density at radius 2 is 1.40 bits per heavy atom. The Balaban J connectivity index is 1.64. The molecule has 1 aromatic heterocycles. The molecule has 1 atom stereocenters. The first-order valence-electron chi connectivity index (χ1n) is 9.38. The van der Waals surface area contributed by atoms with Gasteiger partial charge in [0.2, 0.25) is 0 Å². The van der Waals surface area contributed by atoms with Crippen LogP contribution in [-0.4, -0.2) is 71.9 Å². The van der Waals surface area contributed by atoms with Crippen LogP contribution < -0.4 is 9.80 Å². The highest BCUT2D eigenvalue weighted by atomic mass is 16.3. The highest BCUT2D eigenvalue weighted by Crippen LogP contribution is 2.31. The number of benzene rings is 1. The molecule has 0 saturated carbocycles. The summed E-state index contributed by atoms with van der Waals surface area (Å²) in [7, 11) is 0. The predicted octanol–water partition coefficient (Wildman–Crippen LogP) is 1.73. The number of rotatable bonds is 4. The molecule has 3 heterocycles. The van der Waals surface area contributed by atoms with Crippen LogP contribution in [0.3, 0.4) is 0 Å². The van der Waals surface area contributed by atoms with E-state index in [-0.39, 0.29) is 12.6 Å². The molecule has 1 N–H and O–H groups in total. The number of hydrogen-bond acceptors (Lipinski definition) is 6. The van der Waals surface area contributed by atoms with Crippen LogP contribution in [0.2, 0.25) is 0 Å². The lowest BCUT2D eigenvalue weighted by molar-refractivity contribution is 0.128. The van der Waals surface area contributed by atoms with Gasteiger partial charge in [-0.3, -0.25) is 4.90 Å². The number of para-hydroxylation sites is 2. The lowest BCUT2D eigenvalue weighted by Crippen LogP contribution is -2.51. The third-order valence-electron chi connectivity index (χ3n) is 5.44. The number of aromatic nitrogens is 2. The van der Waals surface area contributed by atoms with Crippen molar-refractivity contribution in [3.05, 3.63) is 24.3 Å². The minimum atomic E-state index is 0.217. The van der Waals surface area contributed by atoms with Crippen molar-refractivity contribution in [1.29, 1.82) is 0 Å². The molecule has 2 fully saturated rings. The fourth-order valence-corrected chi connectivity index (χ4v) is 3.82. The van der Waals surface area contributed by atoms with E-state index in [1.54, 1.807) is 0 Å². The molecule has 2 saturated heterocycles. The molecule has 2 aliphatic heterocycles. The van der Waals surface area contributed by atoms with Crippen LogP contribution in [0.5, 0.6) is 0 Å². The van der Waals surface area contributed by atoms with Crippen LogP contribution >= 0.6 is 0 Å². The van der Waals surface area contributed by atoms with E-state index in [9.17, 15) is 5.11 Å². The van der Waals surface area contributed by atoms with Crippen LogP contribution in [0.25, 0.3) is 11.0 Å². The van der Waals surface area contributed by atoms with E-state index in [1.165, 1.54) is 12.8 Å². The summed E-state index contributed by atoms with van der Waals surface area (Å²) >= 11 is 0. The molecule has 134 valence electrons. The van der Waals surface area contributed by atoms with Crippen LogP contribution in [0, 0.1) is 0 Å². The van der Waals surface area contributed by atoms with E-state index in [4.69, 9.17) is 9.97 Å². The van der Waals surface area contributed by atoms with Crippen molar-refractivity contribution in [3.63, 3.8) is 0 Å². The zero-order valence-electron chi connectivity index (χ0n) is 14.9. The Morgan fingerprint density at radius 3 is 1.92 bits per heavy atom. The zero-order valence-corrected chi connectivity index (χ0v) is 14.9. The number of aliphatic hydroxyl groups is 1. The van der Waals surface area contributed by atoms with Crippen molar-refractivity contribution in [2.45, 2.75) is 25.8 Å². The standard InChI is InChI=1S/C19H27N5O/c1-15(14-25)22-10-12-24(13-11-22)19-18(23-8-4-5-9-23)20-16-6-2-3-7-17(16)21-19/h2-3,6-7,15,25H,4-5,8-14H2,1H3/t15-/m1/s1. The first kappa shape index (κ1) is 16.5. The second-order valence-electron chi connectivity index (χ2n) is 7.11. The molecule has 0 spiro atoms. The first-order valence-corrected chi connectivity index (χ1v) is 9.38. The molecule has 0 amide bonds. The Morgan fingerprint density at radius 1 is 0.880 bits per heavy atom. The maximum absolute atomic E-state index is 9.39. The van der Waals surface area contributed by atoms with E-state index in [1.807, 2.05) is 24.3 Å². The predicted molar refractivity (Wildman–Crippen MR) is 101 cm³/mol. The minimum absolute atomic E-state index is 0.217. The summed E-state index contributed by atoms with van der Waals surface area (Å²) in [6, 6.07) is 8.37. The minimum Gasteiger partial charge on any atom is -0.395 e. The quantitative estimate of drug-likeness (QED) is 0.914. The second-order valence-corrected chi connectivity index (χ2v) is 7.11. The average Bonchev–Trinajstić information content (AvgIpc) is 3.21. The van der Waals surface area contributed by atoms with Crippen LogP contribution in [-0.2, 0) is 0 Å². The number of anilines is 2. The van der Waals surface area contributed by atoms with Gasteiger partial charge in [-0.05, 0) is 31.9 Å². The SMILES string of the molecule is C[C@H](CO)N1CCN(c2nc3ccccc3nc2N2CCCC2)CC1. The Bertz CT molecular complexity index is 723. The van der Waals surface area contributed by atoms with Gasteiger partial charge in [0.25, 0.3) is 0 Å². The number of piperazine rings is 1.